The van der Waals surface area contributed by atoms with E-state index in [0.29, 0.717) is 10.9 Å². The van der Waals surface area contributed by atoms with Crippen LogP contribution in [0.3, 0.4) is 0 Å². The molecule has 1 amide bonds. The lowest BCUT2D eigenvalue weighted by atomic mass is 10.1. The molecule has 2 rings (SSSR count). The summed E-state index contributed by atoms with van der Waals surface area (Å²) in [5.41, 5.74) is 8.18. The van der Waals surface area contributed by atoms with Crippen LogP contribution in [0.15, 0.2) is 17.2 Å². The minimum Gasteiger partial charge on any atom is -0.263 e. The van der Waals surface area contributed by atoms with E-state index >= 15 is 0 Å². The lowest BCUT2D eigenvalue weighted by molar-refractivity contribution is 0.0985. The van der Waals surface area contributed by atoms with Crippen molar-refractivity contribution in [3.05, 3.63) is 32.0 Å². The molecule has 1 N–H and O–H groups in total. The van der Waals surface area contributed by atoms with E-state index < -0.39 is 5.91 Å². The molecule has 0 saturated heterocycles. The van der Waals surface area contributed by atoms with Gasteiger partial charge in [0.1, 0.15) is 0 Å². The molecule has 0 bridgehead atoms. The first kappa shape index (κ1) is 12.3. The second kappa shape index (κ2) is 4.61. The molecule has 5 nitrogen and oxygen atoms in total. The highest BCUT2D eigenvalue weighted by molar-refractivity contribution is 14.1. The number of fused-ring (bicyclic) bond motifs is 1. The summed E-state index contributed by atoms with van der Waals surface area (Å²) in [4.78, 5) is 11.3. The van der Waals surface area contributed by atoms with Gasteiger partial charge < -0.3 is 0 Å². The van der Waals surface area contributed by atoms with Crippen molar-refractivity contribution >= 4 is 51.0 Å². The van der Waals surface area contributed by atoms with Crippen LogP contribution in [-0.4, -0.2) is 16.1 Å². The number of hydrogen-bond donors (Lipinski definition) is 1. The van der Waals surface area contributed by atoms with Crippen LogP contribution in [0.5, 0.6) is 0 Å². The van der Waals surface area contributed by atoms with Crippen LogP contribution in [-0.2, 0) is 0 Å². The highest BCUT2D eigenvalue weighted by Crippen LogP contribution is 2.28. The number of carbonyl (C=O) groups is 1. The summed E-state index contributed by atoms with van der Waals surface area (Å²) < 4.78 is 0.990. The van der Waals surface area contributed by atoms with Crippen molar-refractivity contribution in [3.8, 4) is 0 Å². The summed E-state index contributed by atoms with van der Waals surface area (Å²) in [5, 5.41) is 11.3. The van der Waals surface area contributed by atoms with Gasteiger partial charge in [-0.25, -0.2) is 5.53 Å². The van der Waals surface area contributed by atoms with Gasteiger partial charge in [-0.05, 0) is 47.2 Å². The van der Waals surface area contributed by atoms with E-state index in [1.807, 2.05) is 19.1 Å². The molecule has 2 aromatic rings. The smallest absolute Gasteiger partial charge is 0.263 e. The molecule has 7 heteroatoms. The lowest BCUT2D eigenvalue weighted by Gasteiger charge is -2.05. The van der Waals surface area contributed by atoms with Gasteiger partial charge in [0.2, 0.25) is 0 Å². The molecular weight excluding hydrogens is 354 g/mol. The molecule has 86 valence electrons. The number of aryl methyl sites for hydroxylation is 1. The Morgan fingerprint density at radius 3 is 2.82 bits per heavy atom. The largest absolute Gasteiger partial charge is 0.316 e. The SMILES string of the molecule is Cc1cc(I)cc2c(Cl)c(C(=O)N=N)nnc12. The lowest BCUT2D eigenvalue weighted by Crippen LogP contribution is -2.03. The minimum atomic E-state index is -0.791. The molecule has 1 aromatic carbocycles. The molecule has 1 aromatic heterocycles. The summed E-state index contributed by atoms with van der Waals surface area (Å²) in [5.74, 6) is -0.791. The Balaban J connectivity index is 2.84. The maximum absolute atomic E-state index is 11.3. The molecule has 0 unspecified atom stereocenters. The molecule has 1 heterocycles. The average molecular weight is 361 g/mol. The normalized spacial score (nSPS) is 10.5. The molecule has 0 aliphatic heterocycles. The predicted molar refractivity (Wildman–Crippen MR) is 71.5 cm³/mol. The second-order valence-electron chi connectivity index (χ2n) is 3.40. The first-order valence-electron chi connectivity index (χ1n) is 4.58. The zero-order valence-electron chi connectivity index (χ0n) is 8.66. The van der Waals surface area contributed by atoms with Crippen molar-refractivity contribution in [2.45, 2.75) is 6.92 Å². The van der Waals surface area contributed by atoms with Crippen LogP contribution in [0.25, 0.3) is 10.9 Å². The van der Waals surface area contributed by atoms with Gasteiger partial charge in [-0.3, -0.25) is 4.79 Å². The van der Waals surface area contributed by atoms with Gasteiger partial charge in [-0.15, -0.1) is 15.3 Å². The van der Waals surface area contributed by atoms with E-state index in [9.17, 15) is 4.79 Å². The zero-order valence-corrected chi connectivity index (χ0v) is 11.6. The summed E-state index contributed by atoms with van der Waals surface area (Å²) in [7, 11) is 0. The number of carbonyl (C=O) groups excluding carboxylic acids is 1. The number of amides is 1. The highest BCUT2D eigenvalue weighted by atomic mass is 127. The van der Waals surface area contributed by atoms with Gasteiger partial charge in [0.15, 0.2) is 5.69 Å². The van der Waals surface area contributed by atoms with Crippen molar-refractivity contribution in [2.24, 2.45) is 5.11 Å². The maximum atomic E-state index is 11.3. The van der Waals surface area contributed by atoms with Crippen LogP contribution in [0, 0.1) is 16.0 Å². The van der Waals surface area contributed by atoms with Crippen LogP contribution in [0.2, 0.25) is 5.02 Å². The summed E-state index contributed by atoms with van der Waals surface area (Å²) in [6.07, 6.45) is 0. The monoisotopic (exact) mass is 360 g/mol. The van der Waals surface area contributed by atoms with Gasteiger partial charge in [0.05, 0.1) is 10.5 Å². The molecule has 0 saturated carbocycles. The summed E-state index contributed by atoms with van der Waals surface area (Å²) in [6.45, 7) is 1.89. The second-order valence-corrected chi connectivity index (χ2v) is 5.02. The van der Waals surface area contributed by atoms with Gasteiger partial charge >= 0.3 is 5.91 Å². The van der Waals surface area contributed by atoms with Crippen LogP contribution >= 0.6 is 34.2 Å². The Hall–Kier alpha value is -1.15. The van der Waals surface area contributed by atoms with Crippen LogP contribution < -0.4 is 0 Å². The third kappa shape index (κ3) is 2.14. The molecule has 0 spiro atoms. The van der Waals surface area contributed by atoms with E-state index in [1.165, 1.54) is 0 Å². The fourth-order valence-corrected chi connectivity index (χ4v) is 2.54. The molecule has 17 heavy (non-hydrogen) atoms. The van der Waals surface area contributed by atoms with Gasteiger partial charge in [-0.2, -0.15) is 0 Å². The predicted octanol–water partition coefficient (Wildman–Crippen LogP) is 3.37. The summed E-state index contributed by atoms with van der Waals surface area (Å²) >= 11 is 8.25. The van der Waals surface area contributed by atoms with Gasteiger partial charge in [0.25, 0.3) is 0 Å². The van der Waals surface area contributed by atoms with E-state index in [4.69, 9.17) is 17.1 Å². The summed E-state index contributed by atoms with van der Waals surface area (Å²) in [6, 6.07) is 3.77. The van der Waals surface area contributed by atoms with Crippen LogP contribution in [0.4, 0.5) is 0 Å². The molecule has 0 atom stereocenters. The van der Waals surface area contributed by atoms with Crippen molar-refractivity contribution in [3.63, 3.8) is 0 Å². The van der Waals surface area contributed by atoms with E-state index in [1.54, 1.807) is 0 Å². The van der Waals surface area contributed by atoms with E-state index in [2.05, 4.69) is 37.9 Å². The number of rotatable bonds is 1. The quantitative estimate of drug-likeness (QED) is 0.625. The van der Waals surface area contributed by atoms with E-state index in [-0.39, 0.29) is 10.7 Å². The Morgan fingerprint density at radius 1 is 1.47 bits per heavy atom. The first-order valence-corrected chi connectivity index (χ1v) is 6.04. The first-order chi connectivity index (χ1) is 8.04. The van der Waals surface area contributed by atoms with Crippen molar-refractivity contribution in [1.29, 1.82) is 5.53 Å². The topological polar surface area (TPSA) is 79.1 Å². The zero-order chi connectivity index (χ0) is 12.6. The van der Waals surface area contributed by atoms with Crippen molar-refractivity contribution < 1.29 is 4.79 Å². The average Bonchev–Trinajstić information content (AvgIpc) is 2.29. The van der Waals surface area contributed by atoms with Crippen molar-refractivity contribution in [2.75, 3.05) is 0 Å². The third-order valence-corrected chi connectivity index (χ3v) is 3.27. The Labute approximate surface area is 115 Å². The standard InChI is InChI=1S/C10H6ClIN4O/c1-4-2-5(12)3-6-7(11)9(10(17)14-13)16-15-8(4)6/h2-3,13H,1H3. The molecule has 0 radical (unpaired) electrons. The van der Waals surface area contributed by atoms with Crippen molar-refractivity contribution in [1.82, 2.24) is 10.2 Å². The molecule has 0 aliphatic rings. The Kier molecular flexibility index (Phi) is 3.34. The fourth-order valence-electron chi connectivity index (χ4n) is 1.50. The fraction of sp³-hybridized carbons (Fsp3) is 0.100. The van der Waals surface area contributed by atoms with Gasteiger partial charge in [-0.1, -0.05) is 11.6 Å². The number of hydrogen-bond acceptors (Lipinski definition) is 4. The molecule has 0 fully saturated rings. The Morgan fingerprint density at radius 2 is 2.18 bits per heavy atom. The minimum absolute atomic E-state index is 0.0874. The van der Waals surface area contributed by atoms with Crippen LogP contribution in [0.1, 0.15) is 16.1 Å². The number of halogens is 2. The maximum Gasteiger partial charge on any atom is 0.316 e. The molecular formula is C10H6ClIN4O. The Bertz CT molecular complexity index is 644. The van der Waals surface area contributed by atoms with Gasteiger partial charge in [0, 0.05) is 8.96 Å². The highest BCUT2D eigenvalue weighted by Gasteiger charge is 2.16. The molecule has 0 aliphatic carbocycles. The third-order valence-electron chi connectivity index (χ3n) is 2.26. The number of nitrogens with zero attached hydrogens (tertiary/aromatic N) is 3. The number of nitrogens with one attached hydrogen (secondary N) is 1. The number of benzene rings is 1. The number of aromatic nitrogens is 2. The van der Waals surface area contributed by atoms with E-state index in [0.717, 1.165) is 9.13 Å².